The van der Waals surface area contributed by atoms with Crippen molar-refractivity contribution in [3.8, 4) is 0 Å². The fourth-order valence-electron chi connectivity index (χ4n) is 1.99. The van der Waals surface area contributed by atoms with Crippen molar-refractivity contribution in [2.75, 3.05) is 6.54 Å². The van der Waals surface area contributed by atoms with Gasteiger partial charge < -0.3 is 10.4 Å². The lowest BCUT2D eigenvalue weighted by Gasteiger charge is -2.14. The van der Waals surface area contributed by atoms with E-state index in [-0.39, 0.29) is 17.9 Å². The minimum absolute atomic E-state index is 0.0184. The SMILES string of the molecule is Cc1nn(C)c(C)c1CC(=O)NCCC(O)C(C)C. The highest BCUT2D eigenvalue weighted by Gasteiger charge is 2.14. The van der Waals surface area contributed by atoms with Gasteiger partial charge in [0.15, 0.2) is 0 Å². The number of nitrogens with one attached hydrogen (secondary N) is 1. The second-order valence-corrected chi connectivity index (χ2v) is 5.40. The minimum atomic E-state index is -0.359. The average molecular weight is 267 g/mol. The van der Waals surface area contributed by atoms with E-state index >= 15 is 0 Å². The van der Waals surface area contributed by atoms with Crippen LogP contribution in [0.4, 0.5) is 0 Å². The zero-order valence-electron chi connectivity index (χ0n) is 12.5. The second-order valence-electron chi connectivity index (χ2n) is 5.40. The van der Waals surface area contributed by atoms with Gasteiger partial charge in [0.1, 0.15) is 0 Å². The van der Waals surface area contributed by atoms with Crippen LogP contribution in [-0.4, -0.2) is 33.4 Å². The Morgan fingerprint density at radius 1 is 1.42 bits per heavy atom. The molecule has 0 aliphatic rings. The number of amides is 1. The van der Waals surface area contributed by atoms with Gasteiger partial charge in [-0.3, -0.25) is 9.48 Å². The molecule has 1 rings (SSSR count). The van der Waals surface area contributed by atoms with E-state index < -0.39 is 0 Å². The molecule has 19 heavy (non-hydrogen) atoms. The molecule has 1 heterocycles. The molecule has 5 heteroatoms. The smallest absolute Gasteiger partial charge is 0.224 e. The molecule has 0 saturated carbocycles. The number of aryl methyl sites for hydroxylation is 2. The minimum Gasteiger partial charge on any atom is -0.393 e. The van der Waals surface area contributed by atoms with Gasteiger partial charge in [0.25, 0.3) is 0 Å². The predicted molar refractivity (Wildman–Crippen MR) is 74.9 cm³/mol. The highest BCUT2D eigenvalue weighted by Crippen LogP contribution is 2.12. The van der Waals surface area contributed by atoms with E-state index in [0.29, 0.717) is 19.4 Å². The Kier molecular flexibility index (Phi) is 5.54. The molecular formula is C14H25N3O2. The maximum Gasteiger partial charge on any atom is 0.224 e. The number of hydrogen-bond donors (Lipinski definition) is 2. The lowest BCUT2D eigenvalue weighted by atomic mass is 10.0. The fraction of sp³-hybridized carbons (Fsp3) is 0.714. The second kappa shape index (κ2) is 6.70. The monoisotopic (exact) mass is 267 g/mol. The van der Waals surface area contributed by atoms with Crippen LogP contribution >= 0.6 is 0 Å². The predicted octanol–water partition coefficient (Wildman–Crippen LogP) is 1.10. The van der Waals surface area contributed by atoms with Crippen LogP contribution in [0.15, 0.2) is 0 Å². The fourth-order valence-corrected chi connectivity index (χ4v) is 1.99. The third kappa shape index (κ3) is 4.35. The Balaban J connectivity index is 2.44. The average Bonchev–Trinajstić information content (AvgIpc) is 2.55. The van der Waals surface area contributed by atoms with Gasteiger partial charge in [0.2, 0.25) is 5.91 Å². The molecule has 1 aromatic heterocycles. The van der Waals surface area contributed by atoms with Crippen molar-refractivity contribution < 1.29 is 9.90 Å². The highest BCUT2D eigenvalue weighted by molar-refractivity contribution is 5.79. The van der Waals surface area contributed by atoms with E-state index in [0.717, 1.165) is 17.0 Å². The first-order valence-electron chi connectivity index (χ1n) is 6.76. The summed E-state index contributed by atoms with van der Waals surface area (Å²) in [6, 6.07) is 0. The summed E-state index contributed by atoms with van der Waals surface area (Å²) in [5, 5.41) is 16.8. The first kappa shape index (κ1) is 15.7. The molecule has 1 unspecified atom stereocenters. The summed E-state index contributed by atoms with van der Waals surface area (Å²) in [7, 11) is 1.88. The molecule has 5 nitrogen and oxygen atoms in total. The first-order chi connectivity index (χ1) is 8.82. The number of nitrogens with zero attached hydrogens (tertiary/aromatic N) is 2. The zero-order valence-corrected chi connectivity index (χ0v) is 12.5. The molecule has 1 amide bonds. The number of carbonyl (C=O) groups is 1. The number of aliphatic hydroxyl groups excluding tert-OH is 1. The van der Waals surface area contributed by atoms with Crippen LogP contribution < -0.4 is 5.32 Å². The third-order valence-corrected chi connectivity index (χ3v) is 3.53. The van der Waals surface area contributed by atoms with Crippen molar-refractivity contribution in [1.29, 1.82) is 0 Å². The van der Waals surface area contributed by atoms with Crippen LogP contribution in [0.3, 0.4) is 0 Å². The number of hydrogen-bond acceptors (Lipinski definition) is 3. The topological polar surface area (TPSA) is 67.2 Å². The first-order valence-corrected chi connectivity index (χ1v) is 6.76. The molecular weight excluding hydrogens is 242 g/mol. The molecule has 0 saturated heterocycles. The van der Waals surface area contributed by atoms with E-state index in [2.05, 4.69) is 10.4 Å². The number of rotatable bonds is 6. The number of carbonyl (C=O) groups excluding carboxylic acids is 1. The number of aliphatic hydroxyl groups is 1. The molecule has 0 aliphatic heterocycles. The third-order valence-electron chi connectivity index (χ3n) is 3.53. The van der Waals surface area contributed by atoms with Crippen LogP contribution in [0.25, 0.3) is 0 Å². The Bertz CT molecular complexity index is 438. The normalized spacial score (nSPS) is 12.8. The van der Waals surface area contributed by atoms with E-state index in [4.69, 9.17) is 0 Å². The summed E-state index contributed by atoms with van der Waals surface area (Å²) in [6.07, 6.45) is 0.583. The van der Waals surface area contributed by atoms with Crippen molar-refractivity contribution in [1.82, 2.24) is 15.1 Å². The largest absolute Gasteiger partial charge is 0.393 e. The van der Waals surface area contributed by atoms with Crippen LogP contribution in [0.5, 0.6) is 0 Å². The Hall–Kier alpha value is -1.36. The molecule has 0 aromatic carbocycles. The van der Waals surface area contributed by atoms with Gasteiger partial charge in [-0.05, 0) is 26.2 Å². The molecule has 108 valence electrons. The lowest BCUT2D eigenvalue weighted by molar-refractivity contribution is -0.120. The summed E-state index contributed by atoms with van der Waals surface area (Å²) >= 11 is 0. The highest BCUT2D eigenvalue weighted by atomic mass is 16.3. The van der Waals surface area contributed by atoms with E-state index in [1.54, 1.807) is 4.68 Å². The van der Waals surface area contributed by atoms with Crippen molar-refractivity contribution >= 4 is 5.91 Å². The Labute approximate surface area is 115 Å². The maximum absolute atomic E-state index is 11.8. The van der Waals surface area contributed by atoms with Crippen LogP contribution in [0, 0.1) is 19.8 Å². The standard InChI is InChI=1S/C14H25N3O2/c1-9(2)13(18)6-7-15-14(19)8-12-10(3)16-17(5)11(12)4/h9,13,18H,6-8H2,1-5H3,(H,15,19). The summed E-state index contributed by atoms with van der Waals surface area (Å²) in [6.45, 7) is 8.32. The summed E-state index contributed by atoms with van der Waals surface area (Å²) < 4.78 is 1.79. The Morgan fingerprint density at radius 3 is 2.53 bits per heavy atom. The van der Waals surface area contributed by atoms with Gasteiger partial charge in [-0.1, -0.05) is 13.8 Å². The maximum atomic E-state index is 11.8. The van der Waals surface area contributed by atoms with Crippen molar-refractivity contribution in [2.45, 2.75) is 46.6 Å². The zero-order chi connectivity index (χ0) is 14.6. The number of aromatic nitrogens is 2. The molecule has 0 fully saturated rings. The van der Waals surface area contributed by atoms with Crippen molar-refractivity contribution in [2.24, 2.45) is 13.0 Å². The van der Waals surface area contributed by atoms with Gasteiger partial charge in [0, 0.05) is 24.8 Å². The van der Waals surface area contributed by atoms with Crippen LogP contribution in [-0.2, 0) is 18.3 Å². The van der Waals surface area contributed by atoms with E-state index in [1.165, 1.54) is 0 Å². The summed E-state index contributed by atoms with van der Waals surface area (Å²) in [5.74, 6) is 0.204. The molecule has 1 atom stereocenters. The molecule has 0 radical (unpaired) electrons. The van der Waals surface area contributed by atoms with E-state index in [9.17, 15) is 9.90 Å². The van der Waals surface area contributed by atoms with Gasteiger partial charge in [-0.25, -0.2) is 0 Å². The molecule has 0 aliphatic carbocycles. The van der Waals surface area contributed by atoms with Crippen LogP contribution in [0.2, 0.25) is 0 Å². The molecule has 1 aromatic rings. The summed E-state index contributed by atoms with van der Waals surface area (Å²) in [5.41, 5.74) is 2.91. The lowest BCUT2D eigenvalue weighted by Crippen LogP contribution is -2.30. The molecule has 2 N–H and O–H groups in total. The van der Waals surface area contributed by atoms with Crippen LogP contribution in [0.1, 0.15) is 37.2 Å². The molecule has 0 spiro atoms. The Morgan fingerprint density at radius 2 is 2.05 bits per heavy atom. The van der Waals surface area contributed by atoms with Gasteiger partial charge in [0.05, 0.1) is 18.2 Å². The quantitative estimate of drug-likeness (QED) is 0.811. The van der Waals surface area contributed by atoms with Gasteiger partial charge in [-0.2, -0.15) is 5.10 Å². The van der Waals surface area contributed by atoms with Crippen molar-refractivity contribution in [3.63, 3.8) is 0 Å². The van der Waals surface area contributed by atoms with Gasteiger partial charge >= 0.3 is 0 Å². The van der Waals surface area contributed by atoms with Gasteiger partial charge in [-0.15, -0.1) is 0 Å². The van der Waals surface area contributed by atoms with Crippen molar-refractivity contribution in [3.05, 3.63) is 17.0 Å². The van der Waals surface area contributed by atoms with E-state index in [1.807, 2.05) is 34.7 Å². The molecule has 0 bridgehead atoms. The summed E-state index contributed by atoms with van der Waals surface area (Å²) in [4.78, 5) is 11.8.